The Labute approximate surface area is 113 Å². The number of benzene rings is 2. The largest absolute Gasteiger partial charge is 0.497 e. The third-order valence-corrected chi connectivity index (χ3v) is 3.07. The zero-order chi connectivity index (χ0) is 13.8. The Bertz CT molecular complexity index is 568. The minimum atomic E-state index is -0.111. The standard InChI is InChI=1S/C16H17NO2/c1-11-5-4-6-12(2)15(11)17-16(18)13-7-9-14(19-3)10-8-13/h4-10H,1-3H3,(H,17,18). The number of aryl methyl sites for hydroxylation is 2. The molecule has 2 aromatic rings. The van der Waals surface area contributed by atoms with Crippen LogP contribution in [0.2, 0.25) is 0 Å². The first-order valence-electron chi connectivity index (χ1n) is 6.13. The van der Waals surface area contributed by atoms with Gasteiger partial charge in [0.25, 0.3) is 5.91 Å². The molecule has 0 unspecified atom stereocenters. The molecule has 2 aromatic carbocycles. The molecular weight excluding hydrogens is 238 g/mol. The van der Waals surface area contributed by atoms with Gasteiger partial charge in [0.1, 0.15) is 5.75 Å². The van der Waals surface area contributed by atoms with Crippen LogP contribution in [0.3, 0.4) is 0 Å². The molecule has 19 heavy (non-hydrogen) atoms. The van der Waals surface area contributed by atoms with E-state index in [0.29, 0.717) is 5.56 Å². The van der Waals surface area contributed by atoms with Crippen molar-refractivity contribution in [2.45, 2.75) is 13.8 Å². The minimum Gasteiger partial charge on any atom is -0.497 e. The molecule has 0 aliphatic carbocycles. The van der Waals surface area contributed by atoms with E-state index in [-0.39, 0.29) is 5.91 Å². The summed E-state index contributed by atoms with van der Waals surface area (Å²) in [6.07, 6.45) is 0. The van der Waals surface area contributed by atoms with Crippen molar-refractivity contribution >= 4 is 11.6 Å². The van der Waals surface area contributed by atoms with Crippen LogP contribution in [0.25, 0.3) is 0 Å². The van der Waals surface area contributed by atoms with Gasteiger partial charge in [-0.05, 0) is 49.2 Å². The molecule has 0 aliphatic heterocycles. The smallest absolute Gasteiger partial charge is 0.255 e. The highest BCUT2D eigenvalue weighted by atomic mass is 16.5. The molecule has 0 saturated heterocycles. The highest BCUT2D eigenvalue weighted by Crippen LogP contribution is 2.20. The predicted molar refractivity (Wildman–Crippen MR) is 76.9 cm³/mol. The molecule has 0 spiro atoms. The van der Waals surface area contributed by atoms with E-state index in [1.165, 1.54) is 0 Å². The molecular formula is C16H17NO2. The summed E-state index contributed by atoms with van der Waals surface area (Å²) in [6, 6.07) is 13.0. The molecule has 0 fully saturated rings. The van der Waals surface area contributed by atoms with Gasteiger partial charge in [0.2, 0.25) is 0 Å². The Hall–Kier alpha value is -2.29. The molecule has 3 nitrogen and oxygen atoms in total. The van der Waals surface area contributed by atoms with Crippen molar-refractivity contribution in [3.05, 3.63) is 59.2 Å². The first-order valence-corrected chi connectivity index (χ1v) is 6.13. The number of rotatable bonds is 3. The van der Waals surface area contributed by atoms with E-state index in [2.05, 4.69) is 5.32 Å². The predicted octanol–water partition coefficient (Wildman–Crippen LogP) is 3.56. The molecule has 3 heteroatoms. The van der Waals surface area contributed by atoms with Crippen molar-refractivity contribution in [2.24, 2.45) is 0 Å². The third-order valence-electron chi connectivity index (χ3n) is 3.07. The van der Waals surface area contributed by atoms with Crippen LogP contribution in [0, 0.1) is 13.8 Å². The maximum atomic E-state index is 12.2. The second kappa shape index (κ2) is 5.57. The van der Waals surface area contributed by atoms with Crippen LogP contribution in [-0.4, -0.2) is 13.0 Å². The molecule has 1 N–H and O–H groups in total. The van der Waals surface area contributed by atoms with Crippen molar-refractivity contribution in [2.75, 3.05) is 12.4 Å². The molecule has 2 rings (SSSR count). The summed E-state index contributed by atoms with van der Waals surface area (Å²) in [5, 5.41) is 2.95. The molecule has 0 saturated carbocycles. The third kappa shape index (κ3) is 2.94. The van der Waals surface area contributed by atoms with Crippen LogP contribution in [0.15, 0.2) is 42.5 Å². The number of carbonyl (C=O) groups is 1. The van der Waals surface area contributed by atoms with Gasteiger partial charge in [-0.1, -0.05) is 18.2 Å². The number of ether oxygens (including phenoxy) is 1. The van der Waals surface area contributed by atoms with Crippen LogP contribution >= 0.6 is 0 Å². The van der Waals surface area contributed by atoms with E-state index < -0.39 is 0 Å². The molecule has 0 radical (unpaired) electrons. The van der Waals surface area contributed by atoms with Crippen molar-refractivity contribution in [1.82, 2.24) is 0 Å². The van der Waals surface area contributed by atoms with Crippen LogP contribution in [0.1, 0.15) is 21.5 Å². The zero-order valence-corrected chi connectivity index (χ0v) is 11.4. The molecule has 0 atom stereocenters. The summed E-state index contributed by atoms with van der Waals surface area (Å²) in [7, 11) is 1.60. The lowest BCUT2D eigenvalue weighted by atomic mass is 10.1. The summed E-state index contributed by atoms with van der Waals surface area (Å²) in [4.78, 5) is 12.2. The second-order valence-electron chi connectivity index (χ2n) is 4.45. The topological polar surface area (TPSA) is 38.3 Å². The Morgan fingerprint density at radius 3 is 2.11 bits per heavy atom. The van der Waals surface area contributed by atoms with Gasteiger partial charge in [-0.2, -0.15) is 0 Å². The fourth-order valence-electron chi connectivity index (χ4n) is 1.94. The van der Waals surface area contributed by atoms with Gasteiger partial charge in [-0.3, -0.25) is 4.79 Å². The Morgan fingerprint density at radius 1 is 1.00 bits per heavy atom. The lowest BCUT2D eigenvalue weighted by Gasteiger charge is -2.11. The highest BCUT2D eigenvalue weighted by Gasteiger charge is 2.09. The number of anilines is 1. The van der Waals surface area contributed by atoms with Gasteiger partial charge in [0, 0.05) is 11.3 Å². The van der Waals surface area contributed by atoms with Crippen LogP contribution in [-0.2, 0) is 0 Å². The molecule has 0 bridgehead atoms. The average molecular weight is 255 g/mol. The molecule has 98 valence electrons. The highest BCUT2D eigenvalue weighted by molar-refractivity contribution is 6.05. The van der Waals surface area contributed by atoms with Crippen molar-refractivity contribution < 1.29 is 9.53 Å². The van der Waals surface area contributed by atoms with Gasteiger partial charge in [0.15, 0.2) is 0 Å². The second-order valence-corrected chi connectivity index (χ2v) is 4.45. The van der Waals surface area contributed by atoms with E-state index in [1.807, 2.05) is 32.0 Å². The molecule has 1 amide bonds. The zero-order valence-electron chi connectivity index (χ0n) is 11.4. The summed E-state index contributed by atoms with van der Waals surface area (Å²) in [5.74, 6) is 0.628. The summed E-state index contributed by atoms with van der Waals surface area (Å²) >= 11 is 0. The fraction of sp³-hybridized carbons (Fsp3) is 0.188. The Balaban J connectivity index is 2.20. The number of methoxy groups -OCH3 is 1. The maximum absolute atomic E-state index is 12.2. The van der Waals surface area contributed by atoms with Crippen molar-refractivity contribution in [3.63, 3.8) is 0 Å². The Morgan fingerprint density at radius 2 is 1.58 bits per heavy atom. The lowest BCUT2D eigenvalue weighted by Crippen LogP contribution is -2.13. The minimum absolute atomic E-state index is 0.111. The van der Waals surface area contributed by atoms with Gasteiger partial charge in [0.05, 0.1) is 7.11 Å². The van der Waals surface area contributed by atoms with E-state index in [1.54, 1.807) is 31.4 Å². The summed E-state index contributed by atoms with van der Waals surface area (Å²) in [5.41, 5.74) is 3.61. The fourth-order valence-corrected chi connectivity index (χ4v) is 1.94. The number of carbonyl (C=O) groups excluding carboxylic acids is 1. The van der Waals surface area contributed by atoms with E-state index >= 15 is 0 Å². The molecule has 0 heterocycles. The SMILES string of the molecule is COc1ccc(C(=O)Nc2c(C)cccc2C)cc1. The quantitative estimate of drug-likeness (QED) is 0.910. The molecule has 0 aromatic heterocycles. The monoisotopic (exact) mass is 255 g/mol. The van der Waals surface area contributed by atoms with Gasteiger partial charge < -0.3 is 10.1 Å². The number of amides is 1. The maximum Gasteiger partial charge on any atom is 0.255 e. The van der Waals surface area contributed by atoms with E-state index in [0.717, 1.165) is 22.6 Å². The van der Waals surface area contributed by atoms with Crippen LogP contribution in [0.5, 0.6) is 5.75 Å². The normalized spacial score (nSPS) is 10.1. The van der Waals surface area contributed by atoms with Gasteiger partial charge >= 0.3 is 0 Å². The first-order chi connectivity index (χ1) is 9.11. The van der Waals surface area contributed by atoms with Crippen LogP contribution < -0.4 is 10.1 Å². The Kier molecular flexibility index (Phi) is 3.85. The van der Waals surface area contributed by atoms with Crippen molar-refractivity contribution in [1.29, 1.82) is 0 Å². The molecule has 0 aliphatic rings. The number of hydrogen-bond acceptors (Lipinski definition) is 2. The summed E-state index contributed by atoms with van der Waals surface area (Å²) in [6.45, 7) is 3.97. The van der Waals surface area contributed by atoms with E-state index in [4.69, 9.17) is 4.74 Å². The number of nitrogens with one attached hydrogen (secondary N) is 1. The van der Waals surface area contributed by atoms with E-state index in [9.17, 15) is 4.79 Å². The van der Waals surface area contributed by atoms with Crippen LogP contribution in [0.4, 0.5) is 5.69 Å². The van der Waals surface area contributed by atoms with Gasteiger partial charge in [-0.15, -0.1) is 0 Å². The first kappa shape index (κ1) is 13.1. The summed E-state index contributed by atoms with van der Waals surface area (Å²) < 4.78 is 5.07. The lowest BCUT2D eigenvalue weighted by molar-refractivity contribution is 0.102. The van der Waals surface area contributed by atoms with Crippen molar-refractivity contribution in [3.8, 4) is 5.75 Å². The number of hydrogen-bond donors (Lipinski definition) is 1. The van der Waals surface area contributed by atoms with Gasteiger partial charge in [-0.25, -0.2) is 0 Å². The number of para-hydroxylation sites is 1. The average Bonchev–Trinajstić information content (AvgIpc) is 2.43.